The van der Waals surface area contributed by atoms with Gasteiger partial charge in [-0.3, -0.25) is 0 Å². The quantitative estimate of drug-likeness (QED) is 0.162. The third-order valence-electron chi connectivity index (χ3n) is 15.5. The van der Waals surface area contributed by atoms with E-state index in [0.29, 0.717) is 0 Å². The lowest BCUT2D eigenvalue weighted by Crippen LogP contribution is -2.20. The van der Waals surface area contributed by atoms with Crippen molar-refractivity contribution in [2.45, 2.75) is 237 Å². The first-order valence-corrected chi connectivity index (χ1v) is 27.4. The van der Waals surface area contributed by atoms with Crippen molar-refractivity contribution in [1.82, 2.24) is 0 Å². The molecule has 0 saturated carbocycles. The maximum Gasteiger partial charge on any atom is -0.00234 e. The smallest absolute Gasteiger partial charge is 0.00234 e. The van der Waals surface area contributed by atoms with E-state index in [-0.39, 0.29) is 43.3 Å². The highest BCUT2D eigenvalue weighted by Gasteiger charge is 2.34. The summed E-state index contributed by atoms with van der Waals surface area (Å²) < 4.78 is 0. The van der Waals surface area contributed by atoms with E-state index in [1.807, 2.05) is 0 Å². The Hall–Kier alpha value is -4.68. The van der Waals surface area contributed by atoms with Crippen molar-refractivity contribution in [3.8, 4) is 55.6 Å². The van der Waals surface area contributed by atoms with Crippen LogP contribution in [0.3, 0.4) is 0 Å². The summed E-state index contributed by atoms with van der Waals surface area (Å²) >= 11 is 0. The number of rotatable bonds is 5. The fourth-order valence-corrected chi connectivity index (χ4v) is 12.0. The molecule has 0 unspecified atom stereocenters. The molecule has 386 valence electrons. The van der Waals surface area contributed by atoms with E-state index in [1.165, 1.54) is 122 Å². The molecular weight excluding hydrogens is 865 g/mol. The zero-order valence-electron chi connectivity index (χ0n) is 51.1. The van der Waals surface area contributed by atoms with Gasteiger partial charge in [0, 0.05) is 0 Å². The van der Waals surface area contributed by atoms with Crippen molar-refractivity contribution >= 4 is 0 Å². The highest BCUT2D eigenvalue weighted by Crippen LogP contribution is 2.54. The van der Waals surface area contributed by atoms with E-state index >= 15 is 0 Å². The van der Waals surface area contributed by atoms with Crippen LogP contribution in [-0.2, 0) is 43.3 Å². The third-order valence-corrected chi connectivity index (χ3v) is 15.5. The minimum Gasteiger partial charge on any atom is -0.0610 e. The maximum atomic E-state index is 2.57. The Balaban J connectivity index is 2.00. The summed E-state index contributed by atoms with van der Waals surface area (Å²) in [5.41, 5.74) is 29.0. The van der Waals surface area contributed by atoms with Gasteiger partial charge in [-0.1, -0.05) is 251 Å². The predicted octanol–water partition coefficient (Wildman–Crippen LogP) is 21.6. The molecule has 6 aromatic rings. The normalized spacial score (nSPS) is 13.6. The van der Waals surface area contributed by atoms with Gasteiger partial charge < -0.3 is 0 Å². The average Bonchev–Trinajstić information content (AvgIpc) is 3.19. The van der Waals surface area contributed by atoms with Crippen LogP contribution < -0.4 is 0 Å². The summed E-state index contributed by atoms with van der Waals surface area (Å²) in [6.07, 6.45) is 0. The second-order valence-corrected chi connectivity index (χ2v) is 30.3. The molecule has 0 aliphatic heterocycles. The first-order chi connectivity index (χ1) is 32.5. The van der Waals surface area contributed by atoms with Crippen LogP contribution in [0.15, 0.2) is 84.9 Å². The predicted molar refractivity (Wildman–Crippen MR) is 322 cm³/mol. The van der Waals surface area contributed by atoms with Gasteiger partial charge >= 0.3 is 0 Å². The number of benzene rings is 6. The molecule has 0 N–H and O–H groups in total. The van der Waals surface area contributed by atoms with Crippen molar-refractivity contribution in [1.29, 1.82) is 0 Å². The molecule has 0 atom stereocenters. The van der Waals surface area contributed by atoms with E-state index in [4.69, 9.17) is 0 Å². The van der Waals surface area contributed by atoms with E-state index < -0.39 is 0 Å². The van der Waals surface area contributed by atoms with Gasteiger partial charge in [-0.2, -0.15) is 0 Å². The van der Waals surface area contributed by atoms with Gasteiger partial charge in [-0.15, -0.1) is 0 Å². The van der Waals surface area contributed by atoms with Crippen LogP contribution in [0.4, 0.5) is 0 Å². The van der Waals surface area contributed by atoms with Crippen LogP contribution in [0.2, 0.25) is 0 Å². The Kier molecular flexibility index (Phi) is 14.6. The summed E-state index contributed by atoms with van der Waals surface area (Å²) in [6, 6.07) is 35.0. The lowest BCUT2D eigenvalue weighted by Gasteiger charge is -2.34. The van der Waals surface area contributed by atoms with Gasteiger partial charge in [0.25, 0.3) is 0 Å². The average molecular weight is 964 g/mol. The Labute approximate surface area is 442 Å². The lowest BCUT2D eigenvalue weighted by atomic mass is 9.70. The monoisotopic (exact) mass is 963 g/mol. The van der Waals surface area contributed by atoms with Gasteiger partial charge in [0.15, 0.2) is 0 Å². The Morgan fingerprint density at radius 2 is 0.361 bits per heavy atom. The van der Waals surface area contributed by atoms with Gasteiger partial charge in [0.1, 0.15) is 0 Å². The van der Waals surface area contributed by atoms with Gasteiger partial charge in [0.2, 0.25) is 0 Å². The van der Waals surface area contributed by atoms with Crippen LogP contribution >= 0.6 is 0 Å². The van der Waals surface area contributed by atoms with E-state index in [2.05, 4.69) is 279 Å². The topological polar surface area (TPSA) is 0 Å². The Morgan fingerprint density at radius 1 is 0.194 bits per heavy atom. The van der Waals surface area contributed by atoms with Crippen molar-refractivity contribution in [3.05, 3.63) is 152 Å². The number of aryl methyl sites for hydroxylation is 4. The third kappa shape index (κ3) is 11.2. The molecule has 0 aromatic heterocycles. The van der Waals surface area contributed by atoms with Crippen LogP contribution in [0, 0.1) is 27.7 Å². The van der Waals surface area contributed by atoms with Crippen LogP contribution in [0.5, 0.6) is 0 Å². The fourth-order valence-electron chi connectivity index (χ4n) is 12.0. The van der Waals surface area contributed by atoms with Crippen LogP contribution in [0.1, 0.15) is 233 Å². The summed E-state index contributed by atoms with van der Waals surface area (Å²) in [5, 5.41) is 0. The molecule has 6 aromatic carbocycles. The molecule has 0 saturated heterocycles. The number of hydrogen-bond acceptors (Lipinski definition) is 0. The molecule has 6 rings (SSSR count). The van der Waals surface area contributed by atoms with Gasteiger partial charge in [-0.05, 0) is 193 Å². The Bertz CT molecular complexity index is 2810. The van der Waals surface area contributed by atoms with E-state index in [9.17, 15) is 0 Å². The SMILES string of the molecule is Cc1cc(-c2cccc(-c3cccc(-c4cc(C)c(C(C)(C)C)cc4C(C)(C)C)c3-c3cc(C)c(C(C)(C)C)cc3C(C)(C)C)c2-c2cc(C)c(C(C)(C)C)cc2C(C)(C)C)c(C(C)(C)C)cc1C(C)(C)C. The van der Waals surface area contributed by atoms with E-state index in [1.54, 1.807) is 0 Å². The summed E-state index contributed by atoms with van der Waals surface area (Å²) in [5.74, 6) is 0. The van der Waals surface area contributed by atoms with Crippen molar-refractivity contribution in [3.63, 3.8) is 0 Å². The Morgan fingerprint density at radius 3 is 0.556 bits per heavy atom. The summed E-state index contributed by atoms with van der Waals surface area (Å²) in [4.78, 5) is 0. The zero-order chi connectivity index (χ0) is 54.6. The molecule has 0 aliphatic rings. The molecule has 72 heavy (non-hydrogen) atoms. The first-order valence-electron chi connectivity index (χ1n) is 27.4. The van der Waals surface area contributed by atoms with E-state index in [0.717, 1.165) is 0 Å². The molecular formula is C72H98. The highest BCUT2D eigenvalue weighted by atomic mass is 14.4. The lowest BCUT2D eigenvalue weighted by molar-refractivity contribution is 0.566. The second kappa shape index (κ2) is 18.6. The molecule has 0 radical (unpaired) electrons. The van der Waals surface area contributed by atoms with Crippen molar-refractivity contribution in [2.24, 2.45) is 0 Å². The molecule has 0 bridgehead atoms. The minimum absolute atomic E-state index is 0.00269. The molecule has 0 aliphatic carbocycles. The van der Waals surface area contributed by atoms with Crippen LogP contribution in [0.25, 0.3) is 55.6 Å². The van der Waals surface area contributed by atoms with Crippen molar-refractivity contribution < 1.29 is 0 Å². The minimum atomic E-state index is -0.149. The van der Waals surface area contributed by atoms with Crippen LogP contribution in [-0.4, -0.2) is 0 Å². The molecule has 0 heteroatoms. The number of hydrogen-bond donors (Lipinski definition) is 0. The summed E-state index contributed by atoms with van der Waals surface area (Å²) in [7, 11) is 0. The molecule has 0 spiro atoms. The molecule has 0 amide bonds. The standard InChI is InChI=1S/C72H98/c1-43-35-51(59(69(17,18)19)39-55(43)65(5,6)7)49-33-29-31-47(63(49)53-37-45(3)57(67(11,12)13)41-61(53)71(23,24)25)48-32-30-34-50(52-36-44(2)56(66(8,9)10)40-60(52)70(20,21)22)64(48)54-38-46(4)58(68(14,15)16)42-62(54)72(26,27)28/h29-42H,1-28H3. The molecule has 0 heterocycles. The first kappa shape index (κ1) is 56.6. The zero-order valence-corrected chi connectivity index (χ0v) is 51.1. The maximum absolute atomic E-state index is 2.57. The van der Waals surface area contributed by atoms with Crippen molar-refractivity contribution in [2.75, 3.05) is 0 Å². The van der Waals surface area contributed by atoms with Gasteiger partial charge in [0.05, 0.1) is 0 Å². The largest absolute Gasteiger partial charge is 0.0610 e. The molecule has 0 nitrogen and oxygen atoms in total. The fraction of sp³-hybridized carbons (Fsp3) is 0.500. The van der Waals surface area contributed by atoms with Gasteiger partial charge in [-0.25, -0.2) is 0 Å². The molecule has 0 fully saturated rings. The highest BCUT2D eigenvalue weighted by molar-refractivity contribution is 6.04. The second-order valence-electron chi connectivity index (χ2n) is 30.3. The summed E-state index contributed by atoms with van der Waals surface area (Å²) in [6.45, 7) is 66.7.